The van der Waals surface area contributed by atoms with Crippen molar-refractivity contribution in [1.82, 2.24) is 29.8 Å². The molecule has 1 aliphatic carbocycles. The number of hydrogen-bond donors (Lipinski definition) is 0. The third kappa shape index (κ3) is 4.13. The fourth-order valence-electron chi connectivity index (χ4n) is 4.28. The molecule has 30 heavy (non-hydrogen) atoms. The summed E-state index contributed by atoms with van der Waals surface area (Å²) in [6, 6.07) is 10.6. The second kappa shape index (κ2) is 8.38. The summed E-state index contributed by atoms with van der Waals surface area (Å²) in [7, 11) is 0. The summed E-state index contributed by atoms with van der Waals surface area (Å²) in [4.78, 5) is 19.3. The van der Waals surface area contributed by atoms with Gasteiger partial charge in [0, 0.05) is 43.5 Å². The van der Waals surface area contributed by atoms with Crippen LogP contribution in [-0.4, -0.2) is 48.3 Å². The van der Waals surface area contributed by atoms with Gasteiger partial charge >= 0.3 is 0 Å². The van der Waals surface area contributed by atoms with E-state index in [1.807, 2.05) is 41.6 Å². The molecule has 2 fully saturated rings. The van der Waals surface area contributed by atoms with Gasteiger partial charge in [-0.1, -0.05) is 35.5 Å². The van der Waals surface area contributed by atoms with E-state index in [0.717, 1.165) is 43.6 Å². The Labute approximate surface area is 175 Å². The van der Waals surface area contributed by atoms with Gasteiger partial charge in [0.25, 0.3) is 0 Å². The van der Waals surface area contributed by atoms with Crippen molar-refractivity contribution in [2.45, 2.75) is 63.5 Å². The molecule has 2 aromatic heterocycles. The zero-order valence-electron chi connectivity index (χ0n) is 17.0. The van der Waals surface area contributed by atoms with Crippen LogP contribution in [0, 0.1) is 0 Å². The number of likely N-dealkylation sites (tertiary alicyclic amines) is 1. The molecule has 0 radical (unpaired) electrons. The minimum Gasteiger partial charge on any atom is -0.340 e. The van der Waals surface area contributed by atoms with Gasteiger partial charge in [0.1, 0.15) is 12.2 Å². The molecular formula is C22H26N6O2. The number of aromatic nitrogens is 5. The van der Waals surface area contributed by atoms with E-state index in [9.17, 15) is 4.79 Å². The van der Waals surface area contributed by atoms with Crippen molar-refractivity contribution < 1.29 is 9.32 Å². The molecule has 0 N–H and O–H groups in total. The minimum atomic E-state index is 0.167. The van der Waals surface area contributed by atoms with Gasteiger partial charge < -0.3 is 14.0 Å². The third-order valence-corrected chi connectivity index (χ3v) is 6.04. The van der Waals surface area contributed by atoms with Crippen molar-refractivity contribution in [1.29, 1.82) is 0 Å². The second-order valence-electron chi connectivity index (χ2n) is 8.19. The van der Waals surface area contributed by atoms with E-state index in [1.165, 1.54) is 12.8 Å². The van der Waals surface area contributed by atoms with E-state index in [0.29, 0.717) is 30.6 Å². The smallest absolute Gasteiger partial charge is 0.227 e. The van der Waals surface area contributed by atoms with Crippen LogP contribution >= 0.6 is 0 Å². The highest BCUT2D eigenvalue weighted by Crippen LogP contribution is 2.35. The van der Waals surface area contributed by atoms with Crippen LogP contribution in [0.3, 0.4) is 0 Å². The van der Waals surface area contributed by atoms with Crippen LogP contribution in [0.4, 0.5) is 0 Å². The largest absolute Gasteiger partial charge is 0.340 e. The number of amides is 1. The van der Waals surface area contributed by atoms with Gasteiger partial charge in [-0.05, 0) is 32.1 Å². The van der Waals surface area contributed by atoms with Crippen molar-refractivity contribution in [3.63, 3.8) is 0 Å². The normalized spacial score (nSPS) is 18.8. The molecule has 1 unspecified atom stereocenters. The number of aryl methyl sites for hydroxylation is 2. The molecule has 1 amide bonds. The maximum Gasteiger partial charge on any atom is 0.227 e. The average molecular weight is 406 g/mol. The molecule has 156 valence electrons. The number of rotatable bonds is 8. The molecule has 3 aromatic rings. The minimum absolute atomic E-state index is 0.167. The molecule has 1 atom stereocenters. The summed E-state index contributed by atoms with van der Waals surface area (Å²) in [5.74, 6) is 2.30. The highest BCUT2D eigenvalue weighted by atomic mass is 16.5. The van der Waals surface area contributed by atoms with Gasteiger partial charge in [-0.2, -0.15) is 4.98 Å². The van der Waals surface area contributed by atoms with Crippen molar-refractivity contribution in [2.75, 3.05) is 6.54 Å². The SMILES string of the molecule is O=C(CCc1nc(-c2ccccc2)no1)N1CCCC1CCc1nncn1C1CC1. The molecule has 8 heteroatoms. The lowest BCUT2D eigenvalue weighted by Crippen LogP contribution is -2.36. The Morgan fingerprint density at radius 1 is 1.13 bits per heavy atom. The molecule has 1 aromatic carbocycles. The maximum atomic E-state index is 12.9. The van der Waals surface area contributed by atoms with Gasteiger partial charge in [0.2, 0.25) is 17.6 Å². The van der Waals surface area contributed by atoms with Crippen LogP contribution in [-0.2, 0) is 17.6 Å². The van der Waals surface area contributed by atoms with E-state index in [-0.39, 0.29) is 11.9 Å². The quantitative estimate of drug-likeness (QED) is 0.571. The molecule has 0 bridgehead atoms. The van der Waals surface area contributed by atoms with Gasteiger partial charge in [0.15, 0.2) is 0 Å². The van der Waals surface area contributed by atoms with E-state index >= 15 is 0 Å². The average Bonchev–Trinajstić information content (AvgIpc) is 3.18. The summed E-state index contributed by atoms with van der Waals surface area (Å²) >= 11 is 0. The Morgan fingerprint density at radius 3 is 2.83 bits per heavy atom. The first kappa shape index (κ1) is 19.0. The lowest BCUT2D eigenvalue weighted by molar-refractivity contribution is -0.132. The molecule has 8 nitrogen and oxygen atoms in total. The predicted octanol–water partition coefficient (Wildman–Crippen LogP) is 3.22. The first-order valence-electron chi connectivity index (χ1n) is 10.8. The molecular weight excluding hydrogens is 380 g/mol. The highest BCUT2D eigenvalue weighted by molar-refractivity contribution is 5.77. The van der Waals surface area contributed by atoms with Gasteiger partial charge in [-0.3, -0.25) is 4.79 Å². The summed E-state index contributed by atoms with van der Waals surface area (Å²) < 4.78 is 7.56. The zero-order chi connectivity index (χ0) is 20.3. The Kier molecular flexibility index (Phi) is 5.29. The van der Waals surface area contributed by atoms with Crippen molar-refractivity contribution >= 4 is 5.91 Å². The highest BCUT2D eigenvalue weighted by Gasteiger charge is 2.30. The topological polar surface area (TPSA) is 89.9 Å². The Balaban J connectivity index is 1.14. The standard InChI is InChI=1S/C22H26N6O2/c29-21(13-12-20-24-22(26-30-20)16-5-2-1-3-6-16)27-14-4-7-17(27)10-11-19-25-23-15-28(19)18-8-9-18/h1-3,5-6,15,17-18H,4,7-14H2. The zero-order valence-corrected chi connectivity index (χ0v) is 17.0. The summed E-state index contributed by atoms with van der Waals surface area (Å²) in [5, 5.41) is 12.4. The third-order valence-electron chi connectivity index (χ3n) is 6.04. The van der Waals surface area contributed by atoms with Crippen LogP contribution in [0.5, 0.6) is 0 Å². The van der Waals surface area contributed by atoms with Crippen LogP contribution in [0.15, 0.2) is 41.2 Å². The van der Waals surface area contributed by atoms with E-state index in [4.69, 9.17) is 4.52 Å². The summed E-state index contributed by atoms with van der Waals surface area (Å²) in [6.45, 7) is 0.831. The lowest BCUT2D eigenvalue weighted by Gasteiger charge is -2.24. The van der Waals surface area contributed by atoms with Crippen LogP contribution in [0.2, 0.25) is 0 Å². The van der Waals surface area contributed by atoms with E-state index < -0.39 is 0 Å². The molecule has 0 spiro atoms. The van der Waals surface area contributed by atoms with Gasteiger partial charge in [-0.15, -0.1) is 10.2 Å². The van der Waals surface area contributed by atoms with Crippen LogP contribution in [0.25, 0.3) is 11.4 Å². The predicted molar refractivity (Wildman–Crippen MR) is 109 cm³/mol. The van der Waals surface area contributed by atoms with Gasteiger partial charge in [-0.25, -0.2) is 0 Å². The van der Waals surface area contributed by atoms with Crippen molar-refractivity contribution in [2.24, 2.45) is 0 Å². The maximum absolute atomic E-state index is 12.9. The fraction of sp³-hybridized carbons (Fsp3) is 0.500. The molecule has 1 aliphatic heterocycles. The Bertz CT molecular complexity index is 994. The van der Waals surface area contributed by atoms with E-state index in [2.05, 4.69) is 24.9 Å². The molecule has 1 saturated heterocycles. The Morgan fingerprint density at radius 2 is 2.00 bits per heavy atom. The number of nitrogens with zero attached hydrogens (tertiary/aromatic N) is 6. The number of carbonyl (C=O) groups excluding carboxylic acids is 1. The van der Waals surface area contributed by atoms with E-state index in [1.54, 1.807) is 0 Å². The first-order valence-corrected chi connectivity index (χ1v) is 10.8. The van der Waals surface area contributed by atoms with Crippen molar-refractivity contribution in [3.05, 3.63) is 48.4 Å². The molecule has 3 heterocycles. The molecule has 5 rings (SSSR count). The lowest BCUT2D eigenvalue weighted by atomic mass is 10.1. The van der Waals surface area contributed by atoms with Crippen LogP contribution < -0.4 is 0 Å². The van der Waals surface area contributed by atoms with Crippen molar-refractivity contribution in [3.8, 4) is 11.4 Å². The number of benzene rings is 1. The van der Waals surface area contributed by atoms with Gasteiger partial charge in [0.05, 0.1) is 0 Å². The Hall–Kier alpha value is -3.03. The monoisotopic (exact) mass is 406 g/mol. The number of hydrogen-bond acceptors (Lipinski definition) is 6. The van der Waals surface area contributed by atoms with Crippen LogP contribution in [0.1, 0.15) is 56.3 Å². The molecule has 1 saturated carbocycles. The summed E-state index contributed by atoms with van der Waals surface area (Å²) in [5.41, 5.74) is 0.914. The second-order valence-corrected chi connectivity index (χ2v) is 8.19. The molecule has 2 aliphatic rings. The first-order chi connectivity index (χ1) is 14.8. The fourth-order valence-corrected chi connectivity index (χ4v) is 4.28. The summed E-state index contributed by atoms with van der Waals surface area (Å²) in [6.07, 6.45) is 9.08. The number of carbonyl (C=O) groups is 1.